The van der Waals surface area contributed by atoms with Gasteiger partial charge in [0.1, 0.15) is 0 Å². The van der Waals surface area contributed by atoms with Crippen LogP contribution in [0, 0.1) is 6.92 Å². The van der Waals surface area contributed by atoms with Crippen LogP contribution in [0.4, 0.5) is 0 Å². The maximum absolute atomic E-state index is 12.2. The molecule has 1 saturated carbocycles. The fraction of sp³-hybridized carbons (Fsp3) is 0.600. The van der Waals surface area contributed by atoms with Crippen LogP contribution in [-0.2, 0) is 15.3 Å². The Balaban J connectivity index is 2.20. The lowest BCUT2D eigenvalue weighted by atomic mass is 9.67. The zero-order chi connectivity index (χ0) is 12.8. The lowest BCUT2D eigenvalue weighted by molar-refractivity contribution is 0.274. The molecule has 18 heavy (non-hydrogen) atoms. The number of hydrogen-bond donors (Lipinski definition) is 0. The van der Waals surface area contributed by atoms with Crippen molar-refractivity contribution in [2.45, 2.75) is 55.8 Å². The second kappa shape index (κ2) is 4.09. The summed E-state index contributed by atoms with van der Waals surface area (Å²) in [5, 5.41) is 0. The molecule has 2 nitrogen and oxygen atoms in total. The van der Waals surface area contributed by atoms with E-state index in [0.717, 1.165) is 12.0 Å². The molecule has 0 unspecified atom stereocenters. The van der Waals surface area contributed by atoms with E-state index >= 15 is 0 Å². The molecule has 0 N–H and O–H groups in total. The normalized spacial score (nSPS) is 24.7. The van der Waals surface area contributed by atoms with E-state index in [1.165, 1.54) is 37.7 Å². The highest BCUT2D eigenvalue weighted by Gasteiger charge is 2.42. The van der Waals surface area contributed by atoms with Gasteiger partial charge in [0, 0.05) is 0 Å². The smallest absolute Gasteiger partial charge is 0.178 e. The molecule has 0 saturated heterocycles. The molecule has 3 heteroatoms. The summed E-state index contributed by atoms with van der Waals surface area (Å²) in [5.41, 5.74) is 2.45. The van der Waals surface area contributed by atoms with Crippen molar-refractivity contribution in [2.24, 2.45) is 0 Å². The highest BCUT2D eigenvalue weighted by Crippen LogP contribution is 2.48. The molecule has 1 aromatic rings. The Morgan fingerprint density at radius 2 is 1.78 bits per heavy atom. The van der Waals surface area contributed by atoms with E-state index in [4.69, 9.17) is 0 Å². The SMILES string of the molecule is Cc1ccc2c(c1)C1(CCCCC1)CCS2(=O)=O. The second-order valence-electron chi connectivity index (χ2n) is 5.91. The van der Waals surface area contributed by atoms with Gasteiger partial charge >= 0.3 is 0 Å². The van der Waals surface area contributed by atoms with Gasteiger partial charge in [0.05, 0.1) is 10.6 Å². The van der Waals surface area contributed by atoms with Crippen LogP contribution in [-0.4, -0.2) is 14.2 Å². The van der Waals surface area contributed by atoms with Crippen LogP contribution in [0.5, 0.6) is 0 Å². The van der Waals surface area contributed by atoms with Gasteiger partial charge in [-0.25, -0.2) is 8.42 Å². The van der Waals surface area contributed by atoms with E-state index < -0.39 is 9.84 Å². The predicted octanol–water partition coefficient (Wildman–Crippen LogP) is 3.37. The molecule has 1 heterocycles. The summed E-state index contributed by atoms with van der Waals surface area (Å²) in [6, 6.07) is 5.88. The largest absolute Gasteiger partial charge is 0.224 e. The molecule has 0 amide bonds. The van der Waals surface area contributed by atoms with E-state index in [1.54, 1.807) is 0 Å². The van der Waals surface area contributed by atoms with Gasteiger partial charge in [-0.2, -0.15) is 0 Å². The van der Waals surface area contributed by atoms with Crippen molar-refractivity contribution in [1.29, 1.82) is 0 Å². The van der Waals surface area contributed by atoms with Gasteiger partial charge in [-0.1, -0.05) is 37.0 Å². The van der Waals surface area contributed by atoms with E-state index in [2.05, 4.69) is 13.0 Å². The molecule has 0 bridgehead atoms. The molecule has 1 aromatic carbocycles. The van der Waals surface area contributed by atoms with Crippen molar-refractivity contribution < 1.29 is 8.42 Å². The van der Waals surface area contributed by atoms with E-state index in [-0.39, 0.29) is 5.41 Å². The standard InChI is InChI=1S/C15H20O2S/c1-12-5-6-14-13(11-12)15(7-3-2-4-8-15)9-10-18(14,16)17/h5-6,11H,2-4,7-10H2,1H3. The first-order valence-electron chi connectivity index (χ1n) is 6.87. The zero-order valence-corrected chi connectivity index (χ0v) is 11.7. The van der Waals surface area contributed by atoms with Gasteiger partial charge < -0.3 is 0 Å². The fourth-order valence-corrected chi connectivity index (χ4v) is 5.42. The summed E-state index contributed by atoms with van der Waals surface area (Å²) in [7, 11) is -3.03. The number of aryl methyl sites for hydroxylation is 1. The maximum Gasteiger partial charge on any atom is 0.178 e. The topological polar surface area (TPSA) is 34.1 Å². The van der Waals surface area contributed by atoms with Crippen molar-refractivity contribution in [1.82, 2.24) is 0 Å². The van der Waals surface area contributed by atoms with Crippen molar-refractivity contribution in [2.75, 3.05) is 5.75 Å². The number of sulfone groups is 1. The molecule has 0 aromatic heterocycles. The van der Waals surface area contributed by atoms with Crippen LogP contribution in [0.3, 0.4) is 0 Å². The van der Waals surface area contributed by atoms with Crippen molar-refractivity contribution >= 4 is 9.84 Å². The summed E-state index contributed by atoms with van der Waals surface area (Å²) in [6.45, 7) is 2.05. The summed E-state index contributed by atoms with van der Waals surface area (Å²) in [5.74, 6) is 0.336. The Kier molecular flexibility index (Phi) is 2.77. The summed E-state index contributed by atoms with van der Waals surface area (Å²) >= 11 is 0. The lowest BCUT2D eigenvalue weighted by Gasteiger charge is -2.42. The van der Waals surface area contributed by atoms with Gasteiger partial charge in [0.15, 0.2) is 9.84 Å². The average molecular weight is 264 g/mol. The fourth-order valence-electron chi connectivity index (χ4n) is 3.65. The molecular formula is C15H20O2S. The van der Waals surface area contributed by atoms with E-state index in [1.807, 2.05) is 12.1 Å². The van der Waals surface area contributed by atoms with Gasteiger partial charge in [-0.15, -0.1) is 0 Å². The van der Waals surface area contributed by atoms with Crippen LogP contribution < -0.4 is 0 Å². The second-order valence-corrected chi connectivity index (χ2v) is 7.99. The summed E-state index contributed by atoms with van der Waals surface area (Å²) in [6.07, 6.45) is 6.94. The lowest BCUT2D eigenvalue weighted by Crippen LogP contribution is -2.37. The predicted molar refractivity (Wildman–Crippen MR) is 72.6 cm³/mol. The minimum absolute atomic E-state index is 0.158. The quantitative estimate of drug-likeness (QED) is 0.720. The minimum Gasteiger partial charge on any atom is -0.224 e. The molecule has 1 aliphatic heterocycles. The van der Waals surface area contributed by atoms with Crippen LogP contribution >= 0.6 is 0 Å². The average Bonchev–Trinajstić information content (AvgIpc) is 2.36. The molecule has 98 valence electrons. The van der Waals surface area contributed by atoms with Crippen molar-refractivity contribution in [3.63, 3.8) is 0 Å². The third kappa shape index (κ3) is 1.80. The first-order valence-corrected chi connectivity index (χ1v) is 8.53. The number of fused-ring (bicyclic) bond motifs is 2. The molecule has 1 aliphatic carbocycles. The van der Waals surface area contributed by atoms with Gasteiger partial charge in [-0.05, 0) is 43.2 Å². The van der Waals surface area contributed by atoms with Crippen molar-refractivity contribution in [3.8, 4) is 0 Å². The maximum atomic E-state index is 12.2. The van der Waals surface area contributed by atoms with E-state index in [9.17, 15) is 8.42 Å². The van der Waals surface area contributed by atoms with Crippen LogP contribution in [0.1, 0.15) is 49.7 Å². The molecule has 0 radical (unpaired) electrons. The minimum atomic E-state index is -3.03. The third-order valence-corrected chi connectivity index (χ3v) is 6.47. The molecular weight excluding hydrogens is 244 g/mol. The first kappa shape index (κ1) is 12.2. The molecule has 1 fully saturated rings. The number of hydrogen-bond acceptors (Lipinski definition) is 2. The molecule has 3 rings (SSSR count). The van der Waals surface area contributed by atoms with Gasteiger partial charge in [0.25, 0.3) is 0 Å². The highest BCUT2D eigenvalue weighted by atomic mass is 32.2. The number of benzene rings is 1. The molecule has 1 spiro atoms. The molecule has 0 atom stereocenters. The Hall–Kier alpha value is -0.830. The van der Waals surface area contributed by atoms with Crippen LogP contribution in [0.25, 0.3) is 0 Å². The first-order chi connectivity index (χ1) is 8.54. The van der Waals surface area contributed by atoms with Crippen LogP contribution in [0.2, 0.25) is 0 Å². The Morgan fingerprint density at radius 3 is 2.50 bits per heavy atom. The van der Waals surface area contributed by atoms with E-state index in [0.29, 0.717) is 10.6 Å². The molecule has 2 aliphatic rings. The third-order valence-electron chi connectivity index (χ3n) is 4.70. The summed E-state index contributed by atoms with van der Waals surface area (Å²) in [4.78, 5) is 0.612. The van der Waals surface area contributed by atoms with Gasteiger partial charge in [-0.3, -0.25) is 0 Å². The zero-order valence-electron chi connectivity index (χ0n) is 10.9. The van der Waals surface area contributed by atoms with Crippen LogP contribution in [0.15, 0.2) is 23.1 Å². The monoisotopic (exact) mass is 264 g/mol. The summed E-state index contributed by atoms with van der Waals surface area (Å²) < 4.78 is 24.4. The van der Waals surface area contributed by atoms with Crippen molar-refractivity contribution in [3.05, 3.63) is 29.3 Å². The number of rotatable bonds is 0. The Bertz CT molecular complexity index is 566. The van der Waals surface area contributed by atoms with Gasteiger partial charge in [0.2, 0.25) is 0 Å². The Labute approximate surface area is 109 Å². The highest BCUT2D eigenvalue weighted by molar-refractivity contribution is 7.91. The Morgan fingerprint density at radius 1 is 1.06 bits per heavy atom.